The summed E-state index contributed by atoms with van der Waals surface area (Å²) in [5.74, 6) is -3.59. The zero-order chi connectivity index (χ0) is 35.7. The van der Waals surface area contributed by atoms with Crippen molar-refractivity contribution in [3.63, 3.8) is 0 Å². The summed E-state index contributed by atoms with van der Waals surface area (Å²) in [6.07, 6.45) is 2.05. The van der Waals surface area contributed by atoms with Crippen molar-refractivity contribution in [3.8, 4) is 0 Å². The van der Waals surface area contributed by atoms with Gasteiger partial charge in [-0.15, -0.1) is 0 Å². The van der Waals surface area contributed by atoms with E-state index >= 15 is 0 Å². The summed E-state index contributed by atoms with van der Waals surface area (Å²) in [5, 5.41) is 23.3. The Balaban J connectivity index is 1.84. The van der Waals surface area contributed by atoms with Crippen molar-refractivity contribution < 1.29 is 29.4 Å². The summed E-state index contributed by atoms with van der Waals surface area (Å²) in [6.45, 7) is 13.1. The normalized spacial score (nSPS) is 15.7. The van der Waals surface area contributed by atoms with Crippen LogP contribution in [0.25, 0.3) is 33.2 Å². The number of carbonyl (C=O) groups excluding carboxylic acids is 2. The van der Waals surface area contributed by atoms with Crippen LogP contribution in [0.2, 0.25) is 0 Å². The van der Waals surface area contributed by atoms with Gasteiger partial charge in [0.25, 0.3) is 5.91 Å². The first-order valence-corrected chi connectivity index (χ1v) is 16.7. The summed E-state index contributed by atoms with van der Waals surface area (Å²) in [4.78, 5) is 66.1. The fraction of sp³-hybridized carbons (Fsp3) is 0.405. The predicted octanol–water partition coefficient (Wildman–Crippen LogP) is 5.36. The van der Waals surface area contributed by atoms with E-state index < -0.39 is 30.9 Å². The van der Waals surface area contributed by atoms with E-state index in [1.807, 2.05) is 19.1 Å². The van der Waals surface area contributed by atoms with Crippen LogP contribution >= 0.6 is 0 Å². The van der Waals surface area contributed by atoms with Crippen molar-refractivity contribution >= 4 is 57.0 Å². The van der Waals surface area contributed by atoms with Crippen molar-refractivity contribution in [3.05, 3.63) is 68.8 Å². The minimum Gasteiger partial charge on any atom is -0.480 e. The molecule has 0 saturated carbocycles. The van der Waals surface area contributed by atoms with E-state index in [0.29, 0.717) is 34.6 Å². The van der Waals surface area contributed by atoms with Crippen LogP contribution in [-0.2, 0) is 32.0 Å². The Bertz CT molecular complexity index is 2070. The standard InChI is InChI=1S/C37H44N6O6/c1-8-22-17(3)25-12-27-19(5)24(10-11-31(44)38-15-32(45)46)35(42-27)21(7)36-34(37(49)39-16-33(47)48)20(6)28(43-36)14-30-23(9-2)18(4)26(41-30)13-29(22)40-25/h12-14,19,24,40-41H,8-11,15-16H2,1-7H3,(H,38,44)(H,39,49)(H,45,46)(H,47,48). The second-order valence-electron chi connectivity index (χ2n) is 12.8. The molecule has 0 spiro atoms. The minimum atomic E-state index is -1.16. The average Bonchev–Trinajstić information content (AvgIpc) is 3.74. The van der Waals surface area contributed by atoms with E-state index in [4.69, 9.17) is 15.1 Å². The lowest BCUT2D eigenvalue weighted by Gasteiger charge is -2.17. The molecule has 2 aliphatic rings. The number of nitrogens with one attached hydrogen (secondary N) is 4. The van der Waals surface area contributed by atoms with Gasteiger partial charge in [0.2, 0.25) is 5.91 Å². The van der Waals surface area contributed by atoms with Crippen LogP contribution in [0.4, 0.5) is 0 Å². The number of allylic oxidation sites excluding steroid dienone is 1. The summed E-state index contributed by atoms with van der Waals surface area (Å²) >= 11 is 0. The number of aryl methyl sites for hydroxylation is 4. The lowest BCUT2D eigenvalue weighted by molar-refractivity contribution is -0.138. The minimum absolute atomic E-state index is 0.0784. The molecule has 3 aromatic heterocycles. The highest BCUT2D eigenvalue weighted by atomic mass is 16.4. The molecule has 2 amide bonds. The van der Waals surface area contributed by atoms with E-state index in [1.54, 1.807) is 6.92 Å². The van der Waals surface area contributed by atoms with Gasteiger partial charge in [-0.25, -0.2) is 4.98 Å². The molecule has 5 heterocycles. The first-order valence-electron chi connectivity index (χ1n) is 16.7. The Morgan fingerprint density at radius 2 is 1.35 bits per heavy atom. The zero-order valence-electron chi connectivity index (χ0n) is 29.1. The van der Waals surface area contributed by atoms with Crippen molar-refractivity contribution in [2.75, 3.05) is 13.1 Å². The van der Waals surface area contributed by atoms with Gasteiger partial charge in [-0.2, -0.15) is 0 Å². The van der Waals surface area contributed by atoms with Crippen molar-refractivity contribution in [1.29, 1.82) is 0 Å². The van der Waals surface area contributed by atoms with E-state index in [9.17, 15) is 24.3 Å². The molecule has 0 fully saturated rings. The third-order valence-corrected chi connectivity index (χ3v) is 9.86. The topological polar surface area (TPSA) is 190 Å². The third-order valence-electron chi connectivity index (χ3n) is 9.86. The number of amides is 2. The molecule has 2 unspecified atom stereocenters. The number of rotatable bonds is 10. The molecule has 12 heteroatoms. The highest BCUT2D eigenvalue weighted by Gasteiger charge is 2.34. The van der Waals surface area contributed by atoms with Gasteiger partial charge in [-0.3, -0.25) is 24.2 Å². The summed E-state index contributed by atoms with van der Waals surface area (Å²) < 4.78 is 0. The van der Waals surface area contributed by atoms with Gasteiger partial charge in [0.1, 0.15) is 13.1 Å². The predicted molar refractivity (Wildman–Crippen MR) is 188 cm³/mol. The molecular weight excluding hydrogens is 624 g/mol. The number of aromatic nitrogens is 4. The molecule has 0 aliphatic carbocycles. The van der Waals surface area contributed by atoms with Gasteiger partial charge < -0.3 is 30.8 Å². The molecular formula is C37H44N6O6. The van der Waals surface area contributed by atoms with Gasteiger partial charge in [0.05, 0.1) is 17.0 Å². The Morgan fingerprint density at radius 1 is 0.776 bits per heavy atom. The van der Waals surface area contributed by atoms with Crippen LogP contribution in [-0.4, -0.2) is 67.0 Å². The molecule has 0 radical (unpaired) electrons. The number of nitrogens with zero attached hydrogens (tertiary/aromatic N) is 2. The van der Waals surface area contributed by atoms with Crippen molar-refractivity contribution in [1.82, 2.24) is 30.6 Å². The zero-order valence-corrected chi connectivity index (χ0v) is 29.1. The van der Waals surface area contributed by atoms with Crippen molar-refractivity contribution in [2.24, 2.45) is 0 Å². The van der Waals surface area contributed by atoms with Crippen LogP contribution in [0.1, 0.15) is 103 Å². The number of carbonyl (C=O) groups is 4. The highest BCUT2D eigenvalue weighted by Crippen LogP contribution is 2.43. The van der Waals surface area contributed by atoms with E-state index in [2.05, 4.69) is 61.3 Å². The monoisotopic (exact) mass is 668 g/mol. The van der Waals surface area contributed by atoms with Gasteiger partial charge in [-0.1, -0.05) is 20.8 Å². The van der Waals surface area contributed by atoms with Gasteiger partial charge in [0.15, 0.2) is 0 Å². The van der Waals surface area contributed by atoms with Crippen LogP contribution in [0, 0.1) is 20.8 Å². The number of hydrogen-bond acceptors (Lipinski definition) is 6. The molecule has 2 atom stereocenters. The molecule has 0 saturated heterocycles. The van der Waals surface area contributed by atoms with Crippen LogP contribution in [0.3, 0.4) is 0 Å². The number of aliphatic carboxylic acids is 2. The first kappa shape index (κ1) is 35.1. The van der Waals surface area contributed by atoms with E-state index in [0.717, 1.165) is 57.3 Å². The summed E-state index contributed by atoms with van der Waals surface area (Å²) in [5.41, 5.74) is 12.3. The Kier molecular flexibility index (Phi) is 10.1. The lowest BCUT2D eigenvalue weighted by Crippen LogP contribution is -2.30. The molecule has 6 N–H and O–H groups in total. The maximum absolute atomic E-state index is 13.6. The number of fused-ring (bicyclic) bond motifs is 8. The SMILES string of the molecule is CCc1c(C)c2cc3[nH]c(cc4nc(c(C)c5nc(cc1[nH]2)C(C)=C5C(=O)NCC(=O)O)C(CCC(=O)NCC(=O)O)C4C)c(C)c3CC. The quantitative estimate of drug-likeness (QED) is 0.166. The fourth-order valence-corrected chi connectivity index (χ4v) is 7.08. The molecule has 12 nitrogen and oxygen atoms in total. The number of H-pyrrole nitrogens is 2. The van der Waals surface area contributed by atoms with Gasteiger partial charge >= 0.3 is 11.9 Å². The van der Waals surface area contributed by atoms with Crippen LogP contribution in [0.5, 0.6) is 0 Å². The van der Waals surface area contributed by atoms with Gasteiger partial charge in [-0.05, 0) is 98.5 Å². The Morgan fingerprint density at radius 3 is 1.94 bits per heavy atom. The van der Waals surface area contributed by atoms with Crippen molar-refractivity contribution in [2.45, 2.75) is 86.0 Å². The number of carboxylic acid groups (broad SMARTS) is 2. The maximum atomic E-state index is 13.6. The molecule has 2 aliphatic heterocycles. The van der Waals surface area contributed by atoms with Crippen LogP contribution < -0.4 is 10.6 Å². The largest absolute Gasteiger partial charge is 0.480 e. The molecule has 49 heavy (non-hydrogen) atoms. The Labute approximate surface area is 284 Å². The van der Waals surface area contributed by atoms with E-state index in [1.165, 1.54) is 5.56 Å². The molecule has 0 aromatic carbocycles. The average molecular weight is 669 g/mol. The van der Waals surface area contributed by atoms with Gasteiger partial charge in [0, 0.05) is 51.7 Å². The Hall–Kier alpha value is -5.26. The summed E-state index contributed by atoms with van der Waals surface area (Å²) in [7, 11) is 0. The summed E-state index contributed by atoms with van der Waals surface area (Å²) in [6, 6.07) is 6.13. The van der Waals surface area contributed by atoms with Crippen LogP contribution in [0.15, 0.2) is 18.2 Å². The second kappa shape index (κ2) is 14.1. The lowest BCUT2D eigenvalue weighted by atomic mass is 9.85. The fourth-order valence-electron chi connectivity index (χ4n) is 7.08. The number of hydrogen-bond donors (Lipinski definition) is 6. The number of carboxylic acids is 2. The second-order valence-corrected chi connectivity index (χ2v) is 12.8. The highest BCUT2D eigenvalue weighted by molar-refractivity contribution is 6.27. The maximum Gasteiger partial charge on any atom is 0.322 e. The molecule has 5 rings (SSSR count). The smallest absolute Gasteiger partial charge is 0.322 e. The first-order chi connectivity index (χ1) is 23.2. The van der Waals surface area contributed by atoms with E-state index in [-0.39, 0.29) is 29.7 Å². The number of aromatic amines is 2. The molecule has 8 bridgehead atoms. The third kappa shape index (κ3) is 6.85. The molecule has 258 valence electrons. The molecule has 3 aromatic rings.